The van der Waals surface area contributed by atoms with Gasteiger partial charge in [-0.25, -0.2) is 9.18 Å². The van der Waals surface area contributed by atoms with Crippen molar-refractivity contribution in [2.24, 2.45) is 0 Å². The highest BCUT2D eigenvalue weighted by Crippen LogP contribution is 2.26. The molecule has 0 aliphatic carbocycles. The molecule has 0 atom stereocenters. The molecule has 1 aromatic heterocycles. The van der Waals surface area contributed by atoms with Crippen molar-refractivity contribution in [2.75, 3.05) is 6.61 Å². The standard InChI is InChI=1S/C14H13ClFNO3/c1-3-17-6-5-10(18)11-9(17)7-8(15)13(16)12(11)14(19)20-4-2/h5-7H,3-4H2,1-2H3. The van der Waals surface area contributed by atoms with E-state index in [0.717, 1.165) is 0 Å². The van der Waals surface area contributed by atoms with Crippen LogP contribution in [-0.2, 0) is 11.3 Å². The molecular weight excluding hydrogens is 285 g/mol. The summed E-state index contributed by atoms with van der Waals surface area (Å²) in [6.45, 7) is 4.11. The van der Waals surface area contributed by atoms with Gasteiger partial charge in [0.2, 0.25) is 0 Å². The van der Waals surface area contributed by atoms with Gasteiger partial charge in [-0.1, -0.05) is 11.6 Å². The smallest absolute Gasteiger partial charge is 0.342 e. The Labute approximate surface area is 119 Å². The van der Waals surface area contributed by atoms with Gasteiger partial charge in [0, 0.05) is 18.8 Å². The molecule has 106 valence electrons. The summed E-state index contributed by atoms with van der Waals surface area (Å²) in [5.41, 5.74) is -0.431. The Hall–Kier alpha value is -1.88. The molecule has 0 bridgehead atoms. The van der Waals surface area contributed by atoms with E-state index >= 15 is 0 Å². The van der Waals surface area contributed by atoms with E-state index in [1.54, 1.807) is 17.7 Å². The molecule has 0 unspecified atom stereocenters. The van der Waals surface area contributed by atoms with Crippen LogP contribution < -0.4 is 5.43 Å². The van der Waals surface area contributed by atoms with Gasteiger partial charge in [0.05, 0.1) is 22.5 Å². The number of carbonyl (C=O) groups is 1. The van der Waals surface area contributed by atoms with Crippen LogP contribution in [0, 0.1) is 5.82 Å². The molecule has 0 fully saturated rings. The average molecular weight is 298 g/mol. The largest absolute Gasteiger partial charge is 0.462 e. The number of benzene rings is 1. The third kappa shape index (κ3) is 2.29. The van der Waals surface area contributed by atoms with Gasteiger partial charge in [0.25, 0.3) is 0 Å². The quantitative estimate of drug-likeness (QED) is 0.818. The lowest BCUT2D eigenvalue weighted by atomic mass is 10.1. The Balaban J connectivity index is 2.94. The summed E-state index contributed by atoms with van der Waals surface area (Å²) in [5.74, 6) is -1.81. The third-order valence-corrected chi connectivity index (χ3v) is 3.26. The van der Waals surface area contributed by atoms with Crippen LogP contribution >= 0.6 is 11.6 Å². The van der Waals surface area contributed by atoms with E-state index in [1.807, 2.05) is 6.92 Å². The van der Waals surface area contributed by atoms with Crippen molar-refractivity contribution in [3.63, 3.8) is 0 Å². The second-order valence-electron chi connectivity index (χ2n) is 4.13. The summed E-state index contributed by atoms with van der Waals surface area (Å²) in [4.78, 5) is 23.9. The maximum absolute atomic E-state index is 14.1. The molecule has 1 heterocycles. The highest BCUT2D eigenvalue weighted by Gasteiger charge is 2.23. The number of rotatable bonds is 3. The van der Waals surface area contributed by atoms with Crippen LogP contribution in [0.3, 0.4) is 0 Å². The predicted molar refractivity (Wildman–Crippen MR) is 74.8 cm³/mol. The van der Waals surface area contributed by atoms with E-state index in [9.17, 15) is 14.0 Å². The van der Waals surface area contributed by atoms with Crippen molar-refractivity contribution in [3.05, 3.63) is 45.0 Å². The molecule has 1 aromatic carbocycles. The van der Waals surface area contributed by atoms with Crippen molar-refractivity contribution in [1.82, 2.24) is 4.57 Å². The van der Waals surface area contributed by atoms with Gasteiger partial charge in [0.15, 0.2) is 11.2 Å². The summed E-state index contributed by atoms with van der Waals surface area (Å²) < 4.78 is 20.7. The van der Waals surface area contributed by atoms with Crippen LogP contribution in [0.4, 0.5) is 4.39 Å². The fraction of sp³-hybridized carbons (Fsp3) is 0.286. The van der Waals surface area contributed by atoms with Gasteiger partial charge in [-0.05, 0) is 19.9 Å². The summed E-state index contributed by atoms with van der Waals surface area (Å²) in [7, 11) is 0. The number of hydrogen-bond acceptors (Lipinski definition) is 3. The number of nitrogens with zero attached hydrogens (tertiary/aromatic N) is 1. The number of aromatic nitrogens is 1. The van der Waals surface area contributed by atoms with Crippen molar-refractivity contribution in [3.8, 4) is 0 Å². The Morgan fingerprint density at radius 3 is 2.75 bits per heavy atom. The van der Waals surface area contributed by atoms with Gasteiger partial charge in [-0.3, -0.25) is 4.79 Å². The van der Waals surface area contributed by atoms with E-state index in [1.165, 1.54) is 12.1 Å². The van der Waals surface area contributed by atoms with Crippen LogP contribution in [0.2, 0.25) is 5.02 Å². The summed E-state index contributed by atoms with van der Waals surface area (Å²) in [5, 5.41) is -0.219. The summed E-state index contributed by atoms with van der Waals surface area (Å²) in [6, 6.07) is 2.64. The highest BCUT2D eigenvalue weighted by molar-refractivity contribution is 6.32. The van der Waals surface area contributed by atoms with E-state index < -0.39 is 22.8 Å². The zero-order chi connectivity index (χ0) is 14.9. The minimum atomic E-state index is -0.927. The van der Waals surface area contributed by atoms with Crippen LogP contribution in [-0.4, -0.2) is 17.1 Å². The minimum absolute atomic E-state index is 0.00491. The molecule has 0 saturated heterocycles. The lowest BCUT2D eigenvalue weighted by Crippen LogP contribution is -2.16. The number of pyridine rings is 1. The fourth-order valence-electron chi connectivity index (χ4n) is 2.08. The van der Waals surface area contributed by atoms with Gasteiger partial charge < -0.3 is 9.30 Å². The molecule has 0 amide bonds. The first-order valence-electron chi connectivity index (χ1n) is 6.19. The van der Waals surface area contributed by atoms with Crippen molar-refractivity contribution < 1.29 is 13.9 Å². The van der Waals surface area contributed by atoms with Crippen LogP contribution in [0.15, 0.2) is 23.1 Å². The van der Waals surface area contributed by atoms with E-state index in [0.29, 0.717) is 12.1 Å². The molecule has 0 spiro atoms. The van der Waals surface area contributed by atoms with Crippen molar-refractivity contribution >= 4 is 28.5 Å². The molecular formula is C14H13ClFNO3. The fourth-order valence-corrected chi connectivity index (χ4v) is 2.28. The van der Waals surface area contributed by atoms with Gasteiger partial charge in [0.1, 0.15) is 5.56 Å². The van der Waals surface area contributed by atoms with Gasteiger partial charge >= 0.3 is 5.97 Å². The first-order chi connectivity index (χ1) is 9.51. The number of esters is 1. The first kappa shape index (κ1) is 14.5. The maximum atomic E-state index is 14.1. The molecule has 2 aromatic rings. The van der Waals surface area contributed by atoms with Crippen molar-refractivity contribution in [1.29, 1.82) is 0 Å². The molecule has 4 nitrogen and oxygen atoms in total. The Morgan fingerprint density at radius 1 is 1.45 bits per heavy atom. The highest BCUT2D eigenvalue weighted by atomic mass is 35.5. The topological polar surface area (TPSA) is 48.3 Å². The van der Waals surface area contributed by atoms with Crippen LogP contribution in [0.25, 0.3) is 10.9 Å². The van der Waals surface area contributed by atoms with Crippen LogP contribution in [0.1, 0.15) is 24.2 Å². The zero-order valence-corrected chi connectivity index (χ0v) is 11.8. The number of carbonyl (C=O) groups excluding carboxylic acids is 1. The molecule has 0 aliphatic rings. The normalized spacial score (nSPS) is 10.8. The number of aryl methyl sites for hydroxylation is 1. The number of fused-ring (bicyclic) bond motifs is 1. The molecule has 20 heavy (non-hydrogen) atoms. The Kier molecular flexibility index (Phi) is 4.09. The van der Waals surface area contributed by atoms with E-state index in [-0.39, 0.29) is 17.0 Å². The molecule has 0 N–H and O–H groups in total. The first-order valence-corrected chi connectivity index (χ1v) is 6.57. The molecule has 0 saturated carbocycles. The van der Waals surface area contributed by atoms with E-state index in [4.69, 9.17) is 16.3 Å². The van der Waals surface area contributed by atoms with Crippen molar-refractivity contribution in [2.45, 2.75) is 20.4 Å². The Morgan fingerprint density at radius 2 is 2.15 bits per heavy atom. The average Bonchev–Trinajstić information content (AvgIpc) is 2.41. The maximum Gasteiger partial charge on any atom is 0.342 e. The molecule has 2 rings (SSSR count). The Bertz CT molecular complexity index is 739. The van der Waals surface area contributed by atoms with E-state index in [2.05, 4.69) is 0 Å². The van der Waals surface area contributed by atoms with Crippen LogP contribution in [0.5, 0.6) is 0 Å². The molecule has 0 radical (unpaired) electrons. The monoisotopic (exact) mass is 297 g/mol. The lowest BCUT2D eigenvalue weighted by molar-refractivity contribution is 0.0523. The van der Waals surface area contributed by atoms with Gasteiger partial charge in [-0.2, -0.15) is 0 Å². The number of halogens is 2. The molecule has 0 aliphatic heterocycles. The SMILES string of the molecule is CCOC(=O)c1c(F)c(Cl)cc2c1c(=O)ccn2CC. The second-order valence-corrected chi connectivity index (χ2v) is 4.54. The number of hydrogen-bond donors (Lipinski definition) is 0. The predicted octanol–water partition coefficient (Wildman–Crippen LogP) is 2.99. The summed E-state index contributed by atoms with van der Waals surface area (Å²) in [6.07, 6.45) is 1.58. The zero-order valence-electron chi connectivity index (χ0n) is 11.1. The number of ether oxygens (including phenoxy) is 1. The summed E-state index contributed by atoms with van der Waals surface area (Å²) >= 11 is 5.82. The van der Waals surface area contributed by atoms with Gasteiger partial charge in [-0.15, -0.1) is 0 Å². The second kappa shape index (κ2) is 5.63. The molecule has 6 heteroatoms. The minimum Gasteiger partial charge on any atom is -0.462 e. The third-order valence-electron chi connectivity index (χ3n) is 2.98. The lowest BCUT2D eigenvalue weighted by Gasteiger charge is -2.12.